The Morgan fingerprint density at radius 1 is 1.19 bits per heavy atom. The number of hydrogen-bond acceptors (Lipinski definition) is 4. The van der Waals surface area contributed by atoms with Gasteiger partial charge in [0.2, 0.25) is 5.91 Å². The first-order valence-electron chi connectivity index (χ1n) is 7.98. The van der Waals surface area contributed by atoms with E-state index in [9.17, 15) is 22.8 Å². The second-order valence-corrected chi connectivity index (χ2v) is 6.12. The van der Waals surface area contributed by atoms with Gasteiger partial charge in [0.25, 0.3) is 5.56 Å². The van der Waals surface area contributed by atoms with Crippen LogP contribution in [0.1, 0.15) is 31.5 Å². The highest BCUT2D eigenvalue weighted by molar-refractivity contribution is 5.76. The van der Waals surface area contributed by atoms with Crippen LogP contribution in [0.25, 0.3) is 11.4 Å². The molecule has 0 radical (unpaired) electrons. The number of aryl methyl sites for hydroxylation is 1. The second-order valence-electron chi connectivity index (χ2n) is 6.12. The number of rotatable bonds is 5. The maximum atomic E-state index is 12.6. The minimum absolute atomic E-state index is 0.0499. The molecule has 1 aromatic heterocycles. The Kier molecular flexibility index (Phi) is 5.79. The van der Waals surface area contributed by atoms with E-state index in [4.69, 9.17) is 0 Å². The number of nitrogens with zero attached hydrogens (tertiary/aromatic N) is 3. The lowest BCUT2D eigenvalue weighted by Crippen LogP contribution is -2.33. The van der Waals surface area contributed by atoms with E-state index in [0.29, 0.717) is 5.56 Å². The van der Waals surface area contributed by atoms with Gasteiger partial charge in [-0.2, -0.15) is 13.2 Å². The number of nitrogens with one attached hydrogen (secondary N) is 1. The number of H-pyrrole nitrogens is 1. The average molecular weight is 368 g/mol. The monoisotopic (exact) mass is 368 g/mol. The molecular weight excluding hydrogens is 349 g/mol. The first kappa shape index (κ1) is 19.6. The SMILES string of the molecule is CC(C)N(C)C(=O)CCc1nnc(-c2ccc(C(F)(F)F)cc2)[nH]c1=O. The molecule has 0 atom stereocenters. The van der Waals surface area contributed by atoms with Crippen molar-refractivity contribution in [3.8, 4) is 11.4 Å². The summed E-state index contributed by atoms with van der Waals surface area (Å²) in [5, 5.41) is 7.66. The summed E-state index contributed by atoms with van der Waals surface area (Å²) < 4.78 is 37.7. The highest BCUT2D eigenvalue weighted by atomic mass is 19.4. The minimum Gasteiger partial charge on any atom is -0.343 e. The van der Waals surface area contributed by atoms with Crippen molar-refractivity contribution >= 4 is 5.91 Å². The number of amides is 1. The highest BCUT2D eigenvalue weighted by Gasteiger charge is 2.30. The van der Waals surface area contributed by atoms with Gasteiger partial charge in [-0.3, -0.25) is 9.59 Å². The summed E-state index contributed by atoms with van der Waals surface area (Å²) in [5.41, 5.74) is -0.896. The zero-order chi connectivity index (χ0) is 19.5. The Hall–Kier alpha value is -2.71. The van der Waals surface area contributed by atoms with Crippen molar-refractivity contribution in [1.29, 1.82) is 0 Å². The quantitative estimate of drug-likeness (QED) is 0.880. The highest BCUT2D eigenvalue weighted by Crippen LogP contribution is 2.30. The molecule has 1 N–H and O–H groups in total. The lowest BCUT2D eigenvalue weighted by atomic mass is 10.1. The number of alkyl halides is 3. The zero-order valence-corrected chi connectivity index (χ0v) is 14.6. The van der Waals surface area contributed by atoms with Crippen LogP contribution < -0.4 is 5.56 Å². The first-order chi connectivity index (χ1) is 12.1. The number of aromatic amines is 1. The van der Waals surface area contributed by atoms with Crippen LogP contribution in [-0.2, 0) is 17.4 Å². The summed E-state index contributed by atoms with van der Waals surface area (Å²) in [6.45, 7) is 3.76. The first-order valence-corrected chi connectivity index (χ1v) is 7.98. The van der Waals surface area contributed by atoms with Crippen LogP contribution in [0.5, 0.6) is 0 Å². The van der Waals surface area contributed by atoms with Gasteiger partial charge < -0.3 is 9.88 Å². The fraction of sp³-hybridized carbons (Fsp3) is 0.412. The predicted octanol–water partition coefficient (Wildman–Crippen LogP) is 2.65. The van der Waals surface area contributed by atoms with E-state index in [1.165, 1.54) is 12.1 Å². The molecule has 0 fully saturated rings. The van der Waals surface area contributed by atoms with Crippen LogP contribution in [0.4, 0.5) is 13.2 Å². The summed E-state index contributed by atoms with van der Waals surface area (Å²) >= 11 is 0. The van der Waals surface area contributed by atoms with E-state index in [0.717, 1.165) is 12.1 Å². The molecule has 9 heteroatoms. The molecule has 2 rings (SSSR count). The average Bonchev–Trinajstić information content (AvgIpc) is 2.59. The van der Waals surface area contributed by atoms with Crippen LogP contribution in [-0.4, -0.2) is 39.1 Å². The number of hydrogen-bond donors (Lipinski definition) is 1. The Morgan fingerprint density at radius 2 is 1.81 bits per heavy atom. The standard InChI is InChI=1S/C17H19F3N4O2/c1-10(2)24(3)14(25)9-8-13-16(26)21-15(23-22-13)11-4-6-12(7-5-11)17(18,19)20/h4-7,10H,8-9H2,1-3H3,(H,21,23,26). The van der Waals surface area contributed by atoms with Gasteiger partial charge in [0.15, 0.2) is 5.82 Å². The summed E-state index contributed by atoms with van der Waals surface area (Å²) in [6.07, 6.45) is -4.19. The van der Waals surface area contributed by atoms with E-state index in [1.807, 2.05) is 13.8 Å². The zero-order valence-electron chi connectivity index (χ0n) is 14.6. The van der Waals surface area contributed by atoms with Crippen molar-refractivity contribution in [1.82, 2.24) is 20.1 Å². The van der Waals surface area contributed by atoms with Gasteiger partial charge in [0.05, 0.1) is 5.56 Å². The Morgan fingerprint density at radius 3 is 2.31 bits per heavy atom. The maximum absolute atomic E-state index is 12.6. The smallest absolute Gasteiger partial charge is 0.343 e. The van der Waals surface area contributed by atoms with Crippen LogP contribution in [0.15, 0.2) is 29.1 Å². The number of benzene rings is 1. The van der Waals surface area contributed by atoms with E-state index >= 15 is 0 Å². The molecule has 1 aromatic carbocycles. The fourth-order valence-electron chi connectivity index (χ4n) is 2.16. The minimum atomic E-state index is -4.43. The Labute approximate surface area is 148 Å². The summed E-state index contributed by atoms with van der Waals surface area (Å²) in [6, 6.07) is 4.29. The Balaban J connectivity index is 2.12. The van der Waals surface area contributed by atoms with E-state index in [1.54, 1.807) is 11.9 Å². The van der Waals surface area contributed by atoms with Gasteiger partial charge in [0, 0.05) is 31.5 Å². The van der Waals surface area contributed by atoms with Crippen LogP contribution in [0.2, 0.25) is 0 Å². The topological polar surface area (TPSA) is 79.0 Å². The second kappa shape index (κ2) is 7.67. The van der Waals surface area contributed by atoms with Crippen LogP contribution in [0, 0.1) is 0 Å². The summed E-state index contributed by atoms with van der Waals surface area (Å²) in [4.78, 5) is 28.1. The summed E-state index contributed by atoms with van der Waals surface area (Å²) in [7, 11) is 1.68. The predicted molar refractivity (Wildman–Crippen MR) is 89.3 cm³/mol. The molecule has 0 bridgehead atoms. The van der Waals surface area contributed by atoms with Gasteiger partial charge in [-0.15, -0.1) is 10.2 Å². The number of carbonyl (C=O) groups excluding carboxylic acids is 1. The van der Waals surface area contributed by atoms with Gasteiger partial charge in [-0.1, -0.05) is 12.1 Å². The lowest BCUT2D eigenvalue weighted by Gasteiger charge is -2.21. The number of halogens is 3. The molecule has 6 nitrogen and oxygen atoms in total. The normalized spacial score (nSPS) is 11.7. The molecule has 2 aromatic rings. The molecule has 0 unspecified atom stereocenters. The van der Waals surface area contributed by atoms with Crippen LogP contribution >= 0.6 is 0 Å². The van der Waals surface area contributed by atoms with Gasteiger partial charge in [0.1, 0.15) is 5.69 Å². The van der Waals surface area contributed by atoms with E-state index in [-0.39, 0.29) is 36.3 Å². The van der Waals surface area contributed by atoms with Gasteiger partial charge in [-0.05, 0) is 26.0 Å². The third kappa shape index (κ3) is 4.68. The van der Waals surface area contributed by atoms with Crippen molar-refractivity contribution in [2.45, 2.75) is 38.9 Å². The van der Waals surface area contributed by atoms with Crippen molar-refractivity contribution in [3.05, 3.63) is 45.9 Å². The molecule has 140 valence electrons. The molecule has 0 aliphatic rings. The molecule has 26 heavy (non-hydrogen) atoms. The van der Waals surface area contributed by atoms with Crippen molar-refractivity contribution in [2.24, 2.45) is 0 Å². The van der Waals surface area contributed by atoms with Crippen molar-refractivity contribution < 1.29 is 18.0 Å². The number of aromatic nitrogens is 3. The molecule has 0 aliphatic carbocycles. The van der Waals surface area contributed by atoms with Crippen molar-refractivity contribution in [3.63, 3.8) is 0 Å². The third-order valence-electron chi connectivity index (χ3n) is 3.99. The molecule has 0 saturated carbocycles. The van der Waals surface area contributed by atoms with Gasteiger partial charge >= 0.3 is 6.18 Å². The van der Waals surface area contributed by atoms with Gasteiger partial charge in [-0.25, -0.2) is 0 Å². The molecular formula is C17H19F3N4O2. The molecule has 0 aliphatic heterocycles. The maximum Gasteiger partial charge on any atom is 0.416 e. The molecule has 1 amide bonds. The van der Waals surface area contributed by atoms with Crippen molar-refractivity contribution in [2.75, 3.05) is 7.05 Å². The molecule has 1 heterocycles. The molecule has 0 spiro atoms. The molecule has 0 saturated heterocycles. The Bertz CT molecular complexity index is 829. The third-order valence-corrected chi connectivity index (χ3v) is 3.99. The van der Waals surface area contributed by atoms with Crippen LogP contribution in [0.3, 0.4) is 0 Å². The van der Waals surface area contributed by atoms with E-state index in [2.05, 4.69) is 15.2 Å². The largest absolute Gasteiger partial charge is 0.416 e. The fourth-order valence-corrected chi connectivity index (χ4v) is 2.16. The van der Waals surface area contributed by atoms with E-state index < -0.39 is 17.3 Å². The number of carbonyl (C=O) groups is 1. The lowest BCUT2D eigenvalue weighted by molar-refractivity contribution is -0.137. The summed E-state index contributed by atoms with van der Waals surface area (Å²) in [5.74, 6) is -0.0499.